The number of ether oxygens (including phenoxy) is 8. The molecule has 0 saturated carbocycles. The Balaban J connectivity index is 1.92. The molecular weight excluding hydrogens is 841 g/mol. The van der Waals surface area contributed by atoms with Crippen molar-refractivity contribution in [3.8, 4) is 11.6 Å². The van der Waals surface area contributed by atoms with E-state index >= 15 is 0 Å². The summed E-state index contributed by atoms with van der Waals surface area (Å²) < 4.78 is 50.3. The number of aryl methyl sites for hydroxylation is 2. The van der Waals surface area contributed by atoms with Gasteiger partial charge in [0.2, 0.25) is 18.3 Å². The van der Waals surface area contributed by atoms with Crippen molar-refractivity contribution in [3.05, 3.63) is 65.7 Å². The van der Waals surface area contributed by atoms with Crippen LogP contribution >= 0.6 is 0 Å². The van der Waals surface area contributed by atoms with Gasteiger partial charge < -0.3 is 43.0 Å². The van der Waals surface area contributed by atoms with Crippen molar-refractivity contribution >= 4 is 40.7 Å². The maximum absolute atomic E-state index is 13.9. The van der Waals surface area contributed by atoms with Crippen molar-refractivity contribution in [2.45, 2.75) is 140 Å². The molecule has 1 aromatic heterocycles. The molecule has 0 aliphatic carbocycles. The lowest BCUT2D eigenvalue weighted by atomic mass is 9.93. The second-order valence-corrected chi connectivity index (χ2v) is 20.3. The first-order valence-electron chi connectivity index (χ1n) is 21.9. The summed E-state index contributed by atoms with van der Waals surface area (Å²) in [5.74, 6) is -2.66. The standard InChI is InChI=1S/C49H68N2O14/c1-29(2)40(53)60-28-34-36(62-43(55)47(6,7)8)37(63-44(56)48(9,10)11)38(64-45(57)49(12,13)14)41(61-34)65-39-35-31(22-21-30-17-15-19-32(27-30)58-26-24-52)18-16-20-33(35)51(50-39)23-25-59-42(54)46(3,4)5/h15-20,27,34,36-38,41,52H,1,21-26,28H2,2-14H3/t34-,36-,37+,38-,41+/m1/s1. The van der Waals surface area contributed by atoms with Gasteiger partial charge in [0.25, 0.3) is 0 Å². The Morgan fingerprint density at radius 3 is 1.86 bits per heavy atom. The molecule has 3 aromatic rings. The van der Waals surface area contributed by atoms with Crippen LogP contribution in [0.2, 0.25) is 0 Å². The van der Waals surface area contributed by atoms with Crippen molar-refractivity contribution in [2.75, 3.05) is 26.4 Å². The maximum atomic E-state index is 13.9. The van der Waals surface area contributed by atoms with Gasteiger partial charge in [-0.1, -0.05) is 30.8 Å². The van der Waals surface area contributed by atoms with Crippen LogP contribution in [0.25, 0.3) is 10.9 Å². The van der Waals surface area contributed by atoms with Crippen molar-refractivity contribution in [2.24, 2.45) is 21.7 Å². The van der Waals surface area contributed by atoms with Crippen LogP contribution < -0.4 is 9.47 Å². The highest BCUT2D eigenvalue weighted by Gasteiger charge is 2.56. The van der Waals surface area contributed by atoms with Crippen LogP contribution in [-0.4, -0.2) is 102 Å². The quantitative estimate of drug-likeness (QED) is 0.0835. The van der Waals surface area contributed by atoms with E-state index in [1.54, 1.807) is 87.8 Å². The highest BCUT2D eigenvalue weighted by molar-refractivity contribution is 5.88. The Bertz CT molecular complexity index is 2180. The molecule has 2 heterocycles. The van der Waals surface area contributed by atoms with Crippen molar-refractivity contribution in [3.63, 3.8) is 0 Å². The third kappa shape index (κ3) is 14.3. The molecule has 16 nitrogen and oxygen atoms in total. The number of hydrogen-bond donors (Lipinski definition) is 1. The van der Waals surface area contributed by atoms with E-state index in [0.717, 1.165) is 11.1 Å². The van der Waals surface area contributed by atoms with Gasteiger partial charge in [0.05, 0.1) is 45.7 Å². The van der Waals surface area contributed by atoms with Crippen molar-refractivity contribution in [1.82, 2.24) is 9.78 Å². The van der Waals surface area contributed by atoms with Gasteiger partial charge in [0, 0.05) is 5.57 Å². The predicted octanol–water partition coefficient (Wildman–Crippen LogP) is 6.88. The molecule has 65 heavy (non-hydrogen) atoms. The van der Waals surface area contributed by atoms with Gasteiger partial charge in [-0.25, -0.2) is 4.79 Å². The number of hydrogen-bond acceptors (Lipinski definition) is 15. The highest BCUT2D eigenvalue weighted by Crippen LogP contribution is 2.37. The summed E-state index contributed by atoms with van der Waals surface area (Å²) in [5, 5.41) is 14.7. The summed E-state index contributed by atoms with van der Waals surface area (Å²) in [6.07, 6.45) is -6.55. The van der Waals surface area contributed by atoms with Gasteiger partial charge in [-0.15, -0.1) is 5.10 Å². The van der Waals surface area contributed by atoms with Gasteiger partial charge >= 0.3 is 29.8 Å². The third-order valence-corrected chi connectivity index (χ3v) is 10.0. The Hall–Kier alpha value is -5.48. The molecule has 0 radical (unpaired) electrons. The first-order chi connectivity index (χ1) is 30.1. The molecule has 0 bridgehead atoms. The fraction of sp³-hybridized carbons (Fsp3) is 0.592. The molecule has 1 aliphatic heterocycles. The van der Waals surface area contributed by atoms with E-state index in [1.807, 2.05) is 42.5 Å². The van der Waals surface area contributed by atoms with Gasteiger partial charge in [-0.3, -0.25) is 23.9 Å². The number of aliphatic hydroxyl groups is 1. The van der Waals surface area contributed by atoms with E-state index in [1.165, 1.54) is 6.92 Å². The largest absolute Gasteiger partial charge is 0.491 e. The average Bonchev–Trinajstić information content (AvgIpc) is 3.55. The summed E-state index contributed by atoms with van der Waals surface area (Å²) in [7, 11) is 0. The van der Waals surface area contributed by atoms with Crippen LogP contribution in [0.4, 0.5) is 0 Å². The van der Waals surface area contributed by atoms with Crippen LogP contribution in [0.15, 0.2) is 54.6 Å². The van der Waals surface area contributed by atoms with E-state index in [0.29, 0.717) is 29.5 Å². The number of aromatic nitrogens is 2. The zero-order valence-corrected chi connectivity index (χ0v) is 40.2. The monoisotopic (exact) mass is 908 g/mol. The van der Waals surface area contributed by atoms with Crippen LogP contribution in [0, 0.1) is 21.7 Å². The lowest BCUT2D eigenvalue weighted by molar-refractivity contribution is -0.293. The van der Waals surface area contributed by atoms with E-state index in [-0.39, 0.29) is 37.8 Å². The number of rotatable bonds is 17. The molecular formula is C49H68N2O14. The van der Waals surface area contributed by atoms with Crippen molar-refractivity contribution in [1.29, 1.82) is 0 Å². The first-order valence-corrected chi connectivity index (χ1v) is 21.9. The fourth-order valence-electron chi connectivity index (χ4n) is 6.20. The average molecular weight is 909 g/mol. The molecule has 1 aliphatic rings. The second kappa shape index (κ2) is 21.2. The zero-order chi connectivity index (χ0) is 48.7. The van der Waals surface area contributed by atoms with E-state index < -0.39 is 88.8 Å². The molecule has 1 N–H and O–H groups in total. The molecule has 5 atom stereocenters. The number of aliphatic hydroxyl groups excluding tert-OH is 1. The lowest BCUT2D eigenvalue weighted by Gasteiger charge is -2.45. The minimum Gasteiger partial charge on any atom is -0.491 e. The summed E-state index contributed by atoms with van der Waals surface area (Å²) in [6.45, 7) is 24.8. The van der Waals surface area contributed by atoms with Gasteiger partial charge in [0.1, 0.15) is 31.7 Å². The molecule has 358 valence electrons. The number of carbonyl (C=O) groups excluding carboxylic acids is 5. The SMILES string of the molecule is C=C(C)C(=O)OC[C@H]1O[C@@H](Oc2nn(CCOC(=O)C(C)(C)C)c3cccc(CCc4cccc(OCCO)c4)c23)[C@H](OC(=O)C(C)(C)C)[C@@H](OC(=O)C(C)(C)C)[C@@H]1OC(=O)C(C)(C)C. The minimum absolute atomic E-state index is 0.0231. The molecule has 2 aromatic carbocycles. The molecule has 0 amide bonds. The van der Waals surface area contributed by atoms with Crippen LogP contribution in [0.5, 0.6) is 11.6 Å². The van der Waals surface area contributed by atoms with Crippen LogP contribution in [-0.2, 0) is 71.8 Å². The number of fused-ring (bicyclic) bond motifs is 1. The number of esters is 5. The van der Waals surface area contributed by atoms with Crippen molar-refractivity contribution < 1.29 is 67.0 Å². The summed E-state index contributed by atoms with van der Waals surface area (Å²) in [4.78, 5) is 67.0. The third-order valence-electron chi connectivity index (χ3n) is 10.0. The smallest absolute Gasteiger partial charge is 0.333 e. The Morgan fingerprint density at radius 1 is 0.723 bits per heavy atom. The summed E-state index contributed by atoms with van der Waals surface area (Å²) in [6, 6.07) is 13.2. The van der Waals surface area contributed by atoms with E-state index in [4.69, 9.17) is 43.0 Å². The number of benzene rings is 2. The van der Waals surface area contributed by atoms with Gasteiger partial charge in [-0.05, 0) is 132 Å². The minimum atomic E-state index is -1.61. The molecule has 1 saturated heterocycles. The Morgan fingerprint density at radius 2 is 1.29 bits per heavy atom. The van der Waals surface area contributed by atoms with E-state index in [2.05, 4.69) is 6.58 Å². The topological polar surface area (TPSA) is 197 Å². The predicted molar refractivity (Wildman–Crippen MR) is 240 cm³/mol. The molecule has 16 heteroatoms. The lowest BCUT2D eigenvalue weighted by Crippen LogP contribution is -2.64. The van der Waals surface area contributed by atoms with Gasteiger partial charge in [0.15, 0.2) is 12.2 Å². The Kier molecular flexibility index (Phi) is 17.0. The Labute approximate surface area is 382 Å². The number of carbonyl (C=O) groups is 5. The van der Waals surface area contributed by atoms with Crippen LogP contribution in [0.3, 0.4) is 0 Å². The normalized spacial score (nSPS) is 19.2. The number of nitrogens with zero attached hydrogens (tertiary/aromatic N) is 2. The summed E-state index contributed by atoms with van der Waals surface area (Å²) in [5.41, 5.74) is -1.50. The maximum Gasteiger partial charge on any atom is 0.333 e. The summed E-state index contributed by atoms with van der Waals surface area (Å²) >= 11 is 0. The van der Waals surface area contributed by atoms with Gasteiger partial charge in [-0.2, -0.15) is 0 Å². The van der Waals surface area contributed by atoms with Crippen LogP contribution in [0.1, 0.15) is 101 Å². The van der Waals surface area contributed by atoms with E-state index in [9.17, 15) is 29.1 Å². The highest BCUT2D eigenvalue weighted by atomic mass is 16.7. The zero-order valence-electron chi connectivity index (χ0n) is 40.2. The fourth-order valence-corrected chi connectivity index (χ4v) is 6.20. The molecule has 1 fully saturated rings. The first kappa shape index (κ1) is 52.1. The second-order valence-electron chi connectivity index (χ2n) is 20.3. The molecule has 0 unspecified atom stereocenters. The molecule has 0 spiro atoms. The molecule has 4 rings (SSSR count).